The summed E-state index contributed by atoms with van der Waals surface area (Å²) in [5.41, 5.74) is 0.391. The first kappa shape index (κ1) is 22.8. The highest BCUT2D eigenvalue weighted by molar-refractivity contribution is 5.66. The Hall–Kier alpha value is -3.48. The number of hydrogen-bond donors (Lipinski definition) is 4. The first-order chi connectivity index (χ1) is 14.1. The zero-order valence-corrected chi connectivity index (χ0v) is 17.1. The maximum absolute atomic E-state index is 14.6. The molecule has 1 amide bonds. The number of anilines is 3. The van der Waals surface area contributed by atoms with Crippen molar-refractivity contribution < 1.29 is 18.7 Å². The summed E-state index contributed by atoms with van der Waals surface area (Å²) < 4.78 is 28.4. The lowest BCUT2D eigenvalue weighted by Crippen LogP contribution is -2.45. The van der Waals surface area contributed by atoms with Gasteiger partial charge < -0.3 is 21.1 Å². The van der Waals surface area contributed by atoms with Crippen molar-refractivity contribution in [1.82, 2.24) is 15.3 Å². The number of aryl methyl sites for hydroxylation is 1. The lowest BCUT2D eigenvalue weighted by Gasteiger charge is -2.27. The van der Waals surface area contributed by atoms with Gasteiger partial charge in [-0.25, -0.2) is 18.6 Å². The highest BCUT2D eigenvalue weighted by atomic mass is 19.1. The molecule has 2 rings (SSSR count). The minimum Gasteiger partial charge on any atom is -0.465 e. The van der Waals surface area contributed by atoms with Gasteiger partial charge in [0.25, 0.3) is 0 Å². The van der Waals surface area contributed by atoms with Gasteiger partial charge in [-0.3, -0.25) is 4.98 Å². The SMILES string of the molecule is Cc1ncc(Nc2nc(N[C@H](CC(C)C)[C@H](C)NC(=O)O)c(F)cc2C#N)cc1F. The number of pyridine rings is 2. The van der Waals surface area contributed by atoms with Gasteiger partial charge in [0.1, 0.15) is 11.9 Å². The zero-order chi connectivity index (χ0) is 22.4. The fourth-order valence-corrected chi connectivity index (χ4v) is 2.85. The predicted molar refractivity (Wildman–Crippen MR) is 109 cm³/mol. The van der Waals surface area contributed by atoms with Gasteiger partial charge >= 0.3 is 6.09 Å². The normalized spacial score (nSPS) is 12.7. The van der Waals surface area contributed by atoms with Crippen LogP contribution in [0.5, 0.6) is 0 Å². The van der Waals surface area contributed by atoms with E-state index >= 15 is 0 Å². The number of hydrogen-bond acceptors (Lipinski definition) is 6. The van der Waals surface area contributed by atoms with Gasteiger partial charge in [-0.1, -0.05) is 13.8 Å². The molecule has 4 N–H and O–H groups in total. The van der Waals surface area contributed by atoms with E-state index in [1.807, 2.05) is 19.9 Å². The molecule has 2 atom stereocenters. The lowest BCUT2D eigenvalue weighted by atomic mass is 9.98. The Labute approximate surface area is 173 Å². The van der Waals surface area contributed by atoms with Crippen LogP contribution >= 0.6 is 0 Å². The Morgan fingerprint density at radius 1 is 1.23 bits per heavy atom. The smallest absolute Gasteiger partial charge is 0.404 e. The topological polar surface area (TPSA) is 123 Å². The maximum Gasteiger partial charge on any atom is 0.404 e. The van der Waals surface area contributed by atoms with E-state index in [0.29, 0.717) is 6.42 Å². The molecule has 0 spiro atoms. The van der Waals surface area contributed by atoms with Crippen LogP contribution in [0.1, 0.15) is 38.4 Å². The maximum atomic E-state index is 14.6. The molecule has 0 unspecified atom stereocenters. The summed E-state index contributed by atoms with van der Waals surface area (Å²) in [6.45, 7) is 7.09. The second-order valence-corrected chi connectivity index (χ2v) is 7.36. The molecular weight excluding hydrogens is 394 g/mol. The minimum absolute atomic E-state index is 0.0218. The predicted octanol–water partition coefficient (Wildman–Crippen LogP) is 4.16. The number of aromatic nitrogens is 2. The van der Waals surface area contributed by atoms with Crippen LogP contribution in [-0.2, 0) is 0 Å². The molecule has 0 aromatic carbocycles. The first-order valence-electron chi connectivity index (χ1n) is 9.36. The molecule has 0 saturated heterocycles. The van der Waals surface area contributed by atoms with Crippen molar-refractivity contribution in [2.75, 3.05) is 10.6 Å². The van der Waals surface area contributed by atoms with E-state index in [2.05, 4.69) is 25.9 Å². The van der Waals surface area contributed by atoms with E-state index in [4.69, 9.17) is 5.11 Å². The molecule has 0 fully saturated rings. The molecule has 0 aliphatic heterocycles. The molecule has 2 heterocycles. The van der Waals surface area contributed by atoms with Gasteiger partial charge in [0.15, 0.2) is 17.5 Å². The molecule has 0 aliphatic carbocycles. The molecule has 0 bridgehead atoms. The van der Waals surface area contributed by atoms with Crippen molar-refractivity contribution >= 4 is 23.4 Å². The molecule has 8 nitrogen and oxygen atoms in total. The summed E-state index contributed by atoms with van der Waals surface area (Å²) in [5.74, 6) is -1.23. The molecule has 2 aromatic heterocycles. The van der Waals surface area contributed by atoms with Gasteiger partial charge in [-0.05, 0) is 32.3 Å². The number of carboxylic acid groups (broad SMARTS) is 1. The van der Waals surface area contributed by atoms with E-state index < -0.39 is 29.8 Å². The van der Waals surface area contributed by atoms with Crippen LogP contribution in [0.3, 0.4) is 0 Å². The second kappa shape index (κ2) is 9.82. The molecule has 160 valence electrons. The van der Waals surface area contributed by atoms with Crippen molar-refractivity contribution in [3.8, 4) is 6.07 Å². The van der Waals surface area contributed by atoms with Gasteiger partial charge in [0.2, 0.25) is 0 Å². The molecule has 0 aliphatic rings. The Kier molecular flexibility index (Phi) is 7.47. The number of nitrogens with zero attached hydrogens (tertiary/aromatic N) is 3. The van der Waals surface area contributed by atoms with Gasteiger partial charge in [0.05, 0.1) is 23.1 Å². The standard InChI is InChI=1S/C20H24F2N6O2/c1-10(2)5-17(12(4)25-20(29)30)27-19-16(22)6-13(8-23)18(28-19)26-14-7-15(21)11(3)24-9-14/h6-7,9-10,12,17,25H,5H2,1-4H3,(H,29,30)(H2,26,27,28)/t12-,17+/m0/s1. The Morgan fingerprint density at radius 2 is 1.93 bits per heavy atom. The van der Waals surface area contributed by atoms with E-state index in [1.165, 1.54) is 19.2 Å². The molecule has 30 heavy (non-hydrogen) atoms. The number of halogens is 2. The number of nitrogens with one attached hydrogen (secondary N) is 3. The summed E-state index contributed by atoms with van der Waals surface area (Å²) in [7, 11) is 0. The number of rotatable bonds is 8. The van der Waals surface area contributed by atoms with Crippen LogP contribution in [0.25, 0.3) is 0 Å². The Morgan fingerprint density at radius 3 is 2.50 bits per heavy atom. The fourth-order valence-electron chi connectivity index (χ4n) is 2.85. The fraction of sp³-hybridized carbons (Fsp3) is 0.400. The Balaban J connectivity index is 2.36. The molecule has 10 heteroatoms. The summed E-state index contributed by atoms with van der Waals surface area (Å²) >= 11 is 0. The van der Waals surface area contributed by atoms with Crippen molar-refractivity contribution in [2.24, 2.45) is 5.92 Å². The van der Waals surface area contributed by atoms with Gasteiger partial charge in [0, 0.05) is 18.2 Å². The highest BCUT2D eigenvalue weighted by Gasteiger charge is 2.23. The number of amides is 1. The summed E-state index contributed by atoms with van der Waals surface area (Å²) in [6, 6.07) is 3.07. The summed E-state index contributed by atoms with van der Waals surface area (Å²) in [4.78, 5) is 19.1. The molecular formula is C20H24F2N6O2. The van der Waals surface area contributed by atoms with Gasteiger partial charge in [-0.2, -0.15) is 5.26 Å². The number of carbonyl (C=O) groups is 1. The molecule has 2 aromatic rings. The zero-order valence-electron chi connectivity index (χ0n) is 17.1. The lowest BCUT2D eigenvalue weighted by molar-refractivity contribution is 0.188. The average Bonchev–Trinajstić information content (AvgIpc) is 2.65. The minimum atomic E-state index is -1.19. The summed E-state index contributed by atoms with van der Waals surface area (Å²) in [6.07, 6.45) is 0.721. The van der Waals surface area contributed by atoms with Crippen molar-refractivity contribution in [2.45, 2.75) is 46.2 Å². The van der Waals surface area contributed by atoms with Crippen molar-refractivity contribution in [1.29, 1.82) is 5.26 Å². The van der Waals surface area contributed by atoms with Crippen LogP contribution in [0.2, 0.25) is 0 Å². The van der Waals surface area contributed by atoms with Crippen LogP contribution < -0.4 is 16.0 Å². The second-order valence-electron chi connectivity index (χ2n) is 7.36. The highest BCUT2D eigenvalue weighted by Crippen LogP contribution is 2.25. The van der Waals surface area contributed by atoms with Crippen molar-refractivity contribution in [3.63, 3.8) is 0 Å². The monoisotopic (exact) mass is 418 g/mol. The number of nitriles is 1. The molecule has 0 saturated carbocycles. The van der Waals surface area contributed by atoms with Crippen molar-refractivity contribution in [3.05, 3.63) is 41.2 Å². The summed E-state index contributed by atoms with van der Waals surface area (Å²) in [5, 5.41) is 26.4. The van der Waals surface area contributed by atoms with E-state index in [0.717, 1.165) is 6.07 Å². The van der Waals surface area contributed by atoms with Crippen LogP contribution in [-0.4, -0.2) is 33.3 Å². The Bertz CT molecular complexity index is 961. The van der Waals surface area contributed by atoms with E-state index in [-0.39, 0.29) is 34.5 Å². The third-order valence-electron chi connectivity index (χ3n) is 4.39. The quantitative estimate of drug-likeness (QED) is 0.507. The molecule has 0 radical (unpaired) electrons. The largest absolute Gasteiger partial charge is 0.465 e. The van der Waals surface area contributed by atoms with E-state index in [9.17, 15) is 18.8 Å². The van der Waals surface area contributed by atoms with Crippen LogP contribution in [0.15, 0.2) is 18.3 Å². The van der Waals surface area contributed by atoms with Crippen LogP contribution in [0.4, 0.5) is 30.9 Å². The third kappa shape index (κ3) is 6.01. The average molecular weight is 418 g/mol. The van der Waals surface area contributed by atoms with Crippen LogP contribution in [0, 0.1) is 35.8 Å². The first-order valence-corrected chi connectivity index (χ1v) is 9.36. The van der Waals surface area contributed by atoms with Gasteiger partial charge in [-0.15, -0.1) is 0 Å². The van der Waals surface area contributed by atoms with E-state index in [1.54, 1.807) is 6.92 Å². The third-order valence-corrected chi connectivity index (χ3v) is 4.39.